The molecule has 4 atom stereocenters. The number of ether oxygens (including phenoxy) is 1. The van der Waals surface area contributed by atoms with E-state index < -0.39 is 18.0 Å². The smallest absolute Gasteiger partial charge is 0.410 e. The monoisotopic (exact) mass is 374 g/mol. The normalized spacial score (nSPS) is 32.6. The van der Waals surface area contributed by atoms with Crippen molar-refractivity contribution in [2.24, 2.45) is 5.92 Å². The van der Waals surface area contributed by atoms with Crippen molar-refractivity contribution in [2.45, 2.75) is 37.9 Å². The number of fused-ring (bicyclic) bond motifs is 3. The molecule has 0 saturated carbocycles. The number of benzene rings is 1. The minimum absolute atomic E-state index is 0.0119. The van der Waals surface area contributed by atoms with E-state index in [1.165, 1.54) is 5.56 Å². The zero-order valence-corrected chi connectivity index (χ0v) is 16.1. The molecule has 2 amide bonds. The largest absolute Gasteiger partial charge is 0.413 e. The third kappa shape index (κ3) is 2.66. The summed E-state index contributed by atoms with van der Waals surface area (Å²) in [6.45, 7) is 5.27. The Bertz CT molecular complexity index is 800. The maximum absolute atomic E-state index is 12.3. The molecular weight excluding hydrogens is 348 g/mol. The molecule has 3 heterocycles. The predicted molar refractivity (Wildman–Crippen MR) is 98.8 cm³/mol. The van der Waals surface area contributed by atoms with Crippen LogP contribution in [0.15, 0.2) is 18.2 Å². The summed E-state index contributed by atoms with van der Waals surface area (Å²) in [4.78, 5) is 28.8. The van der Waals surface area contributed by atoms with Crippen molar-refractivity contribution < 1.29 is 19.5 Å². The van der Waals surface area contributed by atoms with E-state index in [4.69, 9.17) is 4.74 Å². The van der Waals surface area contributed by atoms with Gasteiger partial charge in [-0.1, -0.05) is 13.8 Å². The van der Waals surface area contributed by atoms with Gasteiger partial charge in [-0.25, -0.2) is 9.86 Å². The summed E-state index contributed by atoms with van der Waals surface area (Å²) in [7, 11) is 4.23. The van der Waals surface area contributed by atoms with Gasteiger partial charge in [-0.05, 0) is 37.2 Å². The molecule has 27 heavy (non-hydrogen) atoms. The number of carbonyl (C=O) groups is 2. The fourth-order valence-corrected chi connectivity index (χ4v) is 4.96. The summed E-state index contributed by atoms with van der Waals surface area (Å²) in [5, 5.41) is 12.7. The Labute approximate surface area is 158 Å². The first kappa shape index (κ1) is 18.1. The van der Waals surface area contributed by atoms with Crippen molar-refractivity contribution in [3.05, 3.63) is 23.8 Å². The van der Waals surface area contributed by atoms with Crippen molar-refractivity contribution >= 4 is 17.7 Å². The van der Waals surface area contributed by atoms with Crippen molar-refractivity contribution in [2.75, 3.05) is 32.1 Å². The molecule has 2 N–H and O–H groups in total. The highest BCUT2D eigenvalue weighted by atomic mass is 16.6. The van der Waals surface area contributed by atoms with Crippen molar-refractivity contribution in [3.8, 4) is 5.75 Å². The van der Waals surface area contributed by atoms with Crippen LogP contribution in [0.1, 0.15) is 25.8 Å². The molecule has 2 unspecified atom stereocenters. The Balaban J connectivity index is 1.51. The van der Waals surface area contributed by atoms with Crippen LogP contribution in [0, 0.1) is 5.92 Å². The molecule has 146 valence electrons. The van der Waals surface area contributed by atoms with E-state index >= 15 is 0 Å². The van der Waals surface area contributed by atoms with Crippen LogP contribution in [0.5, 0.6) is 5.75 Å². The van der Waals surface area contributed by atoms with Crippen LogP contribution in [0.3, 0.4) is 0 Å². The Morgan fingerprint density at radius 2 is 2.11 bits per heavy atom. The minimum Gasteiger partial charge on any atom is -0.410 e. The highest BCUT2D eigenvalue weighted by Crippen LogP contribution is 2.51. The maximum Gasteiger partial charge on any atom is 0.413 e. The molecule has 3 aliphatic heterocycles. The molecule has 0 bridgehead atoms. The molecule has 8 nitrogen and oxygen atoms in total. The molecule has 2 fully saturated rings. The average molecular weight is 374 g/mol. The number of hydrogen-bond donors (Lipinski definition) is 2. The van der Waals surface area contributed by atoms with Gasteiger partial charge in [0.25, 0.3) is 5.91 Å². The van der Waals surface area contributed by atoms with Gasteiger partial charge in [-0.15, -0.1) is 0 Å². The topological polar surface area (TPSA) is 85.3 Å². The van der Waals surface area contributed by atoms with Gasteiger partial charge >= 0.3 is 6.09 Å². The van der Waals surface area contributed by atoms with Crippen molar-refractivity contribution in [3.63, 3.8) is 0 Å². The van der Waals surface area contributed by atoms with Crippen LogP contribution in [0.25, 0.3) is 0 Å². The number of nitrogens with zero attached hydrogens (tertiary/aromatic N) is 3. The number of nitrogens with one attached hydrogen (secondary N) is 1. The number of hydrogen-bond acceptors (Lipinski definition) is 6. The number of anilines is 1. The van der Waals surface area contributed by atoms with Gasteiger partial charge in [0, 0.05) is 30.6 Å². The second kappa shape index (κ2) is 6.10. The second-order valence-electron chi connectivity index (χ2n) is 8.22. The van der Waals surface area contributed by atoms with E-state index in [1.807, 2.05) is 12.1 Å². The predicted octanol–water partition coefficient (Wildman–Crippen LogP) is 1.38. The van der Waals surface area contributed by atoms with Gasteiger partial charge in [0.1, 0.15) is 11.8 Å². The summed E-state index contributed by atoms with van der Waals surface area (Å²) >= 11 is 0. The lowest BCUT2D eigenvalue weighted by molar-refractivity contribution is -0.158. The van der Waals surface area contributed by atoms with E-state index in [2.05, 4.69) is 36.1 Å². The molecule has 2 saturated heterocycles. The molecule has 0 spiro atoms. The fraction of sp³-hybridized carbons (Fsp3) is 0.579. The zero-order valence-electron chi connectivity index (χ0n) is 16.1. The summed E-state index contributed by atoms with van der Waals surface area (Å²) in [6.07, 6.45) is 0.651. The molecule has 1 aromatic carbocycles. The minimum atomic E-state index is -0.770. The number of carbonyl (C=O) groups excluding carboxylic acids is 2. The van der Waals surface area contributed by atoms with Gasteiger partial charge < -0.3 is 15.0 Å². The van der Waals surface area contributed by atoms with Gasteiger partial charge in [0.05, 0.1) is 12.7 Å². The van der Waals surface area contributed by atoms with E-state index in [-0.39, 0.29) is 17.9 Å². The Morgan fingerprint density at radius 3 is 2.78 bits per heavy atom. The highest BCUT2D eigenvalue weighted by Gasteiger charge is 2.52. The van der Waals surface area contributed by atoms with E-state index in [0.717, 1.165) is 18.7 Å². The number of likely N-dealkylation sites (N-methyl/N-ethyl adjacent to an activating group) is 2. The third-order valence-corrected chi connectivity index (χ3v) is 6.34. The highest BCUT2D eigenvalue weighted by molar-refractivity contribution is 5.87. The first-order valence-electron chi connectivity index (χ1n) is 9.28. The Kier molecular flexibility index (Phi) is 4.08. The molecule has 1 aromatic rings. The van der Waals surface area contributed by atoms with Gasteiger partial charge in [0.15, 0.2) is 0 Å². The first-order valence-corrected chi connectivity index (χ1v) is 9.28. The fourth-order valence-electron chi connectivity index (χ4n) is 4.96. The summed E-state index contributed by atoms with van der Waals surface area (Å²) < 4.78 is 5.45. The second-order valence-corrected chi connectivity index (χ2v) is 8.22. The van der Waals surface area contributed by atoms with E-state index in [0.29, 0.717) is 17.0 Å². The van der Waals surface area contributed by atoms with Crippen LogP contribution in [0.2, 0.25) is 0 Å². The van der Waals surface area contributed by atoms with Gasteiger partial charge in [0.2, 0.25) is 0 Å². The summed E-state index contributed by atoms with van der Waals surface area (Å²) in [5.74, 6) is -0.244. The third-order valence-electron chi connectivity index (χ3n) is 6.34. The van der Waals surface area contributed by atoms with Crippen LogP contribution >= 0.6 is 0 Å². The maximum atomic E-state index is 12.3. The van der Waals surface area contributed by atoms with Crippen LogP contribution in [-0.2, 0) is 10.2 Å². The molecule has 0 radical (unpaired) electrons. The molecular formula is C19H26N4O4. The number of likely N-dealkylation sites (tertiary alicyclic amines) is 1. The van der Waals surface area contributed by atoms with E-state index in [1.54, 1.807) is 13.0 Å². The molecule has 3 aliphatic rings. The lowest BCUT2D eigenvalue weighted by atomic mass is 9.81. The van der Waals surface area contributed by atoms with Gasteiger partial charge in [-0.2, -0.15) is 0 Å². The molecule has 0 aromatic heterocycles. The zero-order chi connectivity index (χ0) is 19.5. The number of rotatable bonds is 2. The van der Waals surface area contributed by atoms with E-state index in [9.17, 15) is 14.8 Å². The molecule has 4 rings (SSSR count). The quantitative estimate of drug-likeness (QED) is 0.761. The molecule has 0 aliphatic carbocycles. The summed E-state index contributed by atoms with van der Waals surface area (Å²) in [5.41, 5.74) is 2.32. The first-order chi connectivity index (χ1) is 12.7. The SMILES string of the molecule is CC1CN(O)C(=O)C1NC(=O)Oc1ccc2c(c1)[C@]1(C)CCN(C)[C@@H]1N2C. The Morgan fingerprint density at radius 1 is 1.37 bits per heavy atom. The standard InChI is InChI=1S/C19H26N4O4/c1-11-10-23(26)16(24)15(11)20-18(25)27-12-5-6-14-13(9-12)19(2)7-8-21(3)17(19)22(14)4/h5-6,9,11,15,17,26H,7-8,10H2,1-4H3,(H,20,25)/t11?,15?,17-,19+/m1/s1. The van der Waals surface area contributed by atoms with Crippen molar-refractivity contribution in [1.29, 1.82) is 0 Å². The van der Waals surface area contributed by atoms with Crippen molar-refractivity contribution in [1.82, 2.24) is 15.3 Å². The van der Waals surface area contributed by atoms with Gasteiger partial charge in [-0.3, -0.25) is 14.9 Å². The average Bonchev–Trinajstić information content (AvgIpc) is 3.13. The summed E-state index contributed by atoms with van der Waals surface area (Å²) in [6, 6.07) is 4.92. The molecule has 8 heteroatoms. The lowest BCUT2D eigenvalue weighted by Gasteiger charge is -2.32. The Hall–Kier alpha value is -2.32. The number of amides is 2. The number of hydroxylamine groups is 2. The lowest BCUT2D eigenvalue weighted by Crippen LogP contribution is -2.45. The van der Waals surface area contributed by atoms with Crippen LogP contribution in [0.4, 0.5) is 10.5 Å². The van der Waals surface area contributed by atoms with Crippen LogP contribution < -0.4 is 15.0 Å². The van der Waals surface area contributed by atoms with Crippen LogP contribution in [-0.4, -0.2) is 66.6 Å².